The molecule has 2 heterocycles. The van der Waals surface area contributed by atoms with Crippen LogP contribution in [0.15, 0.2) is 24.3 Å². The third kappa shape index (κ3) is 3.67. The Morgan fingerprint density at radius 1 is 1.17 bits per heavy atom. The van der Waals surface area contributed by atoms with Crippen molar-refractivity contribution in [2.75, 3.05) is 23.3 Å². The zero-order valence-corrected chi connectivity index (χ0v) is 14.7. The molecule has 0 aliphatic carbocycles. The van der Waals surface area contributed by atoms with E-state index in [1.165, 1.54) is 6.42 Å². The zero-order chi connectivity index (χ0) is 17.1. The van der Waals surface area contributed by atoms with Crippen molar-refractivity contribution in [3.63, 3.8) is 0 Å². The first-order valence-electron chi connectivity index (χ1n) is 8.21. The first-order valence-corrected chi connectivity index (χ1v) is 8.59. The Morgan fingerprint density at radius 2 is 1.92 bits per heavy atom. The number of hydrogen-bond acceptors (Lipinski definition) is 4. The molecule has 1 saturated heterocycles. The summed E-state index contributed by atoms with van der Waals surface area (Å²) in [5.41, 5.74) is 1.92. The van der Waals surface area contributed by atoms with E-state index < -0.39 is 0 Å². The maximum Gasteiger partial charge on any atom is 0.274 e. The molecule has 1 aromatic heterocycles. The minimum atomic E-state index is -0.246. The van der Waals surface area contributed by atoms with E-state index in [1.54, 1.807) is 12.1 Å². The fourth-order valence-electron chi connectivity index (χ4n) is 2.88. The van der Waals surface area contributed by atoms with Gasteiger partial charge in [-0.3, -0.25) is 4.79 Å². The predicted octanol–water partition coefficient (Wildman–Crippen LogP) is 3.99. The van der Waals surface area contributed by atoms with E-state index in [0.29, 0.717) is 22.2 Å². The number of halogens is 1. The molecule has 0 unspecified atom stereocenters. The van der Waals surface area contributed by atoms with Gasteiger partial charge < -0.3 is 10.2 Å². The Labute approximate surface area is 147 Å². The van der Waals surface area contributed by atoms with Crippen molar-refractivity contribution in [2.24, 2.45) is 0 Å². The van der Waals surface area contributed by atoms with Crippen LogP contribution in [0.2, 0.25) is 5.02 Å². The number of nitrogens with zero attached hydrogens (tertiary/aromatic N) is 3. The first-order chi connectivity index (χ1) is 11.5. The second-order valence-electron chi connectivity index (χ2n) is 6.07. The lowest BCUT2D eigenvalue weighted by Crippen LogP contribution is -2.31. The van der Waals surface area contributed by atoms with E-state index in [0.717, 1.165) is 37.3 Å². The molecule has 0 bridgehead atoms. The number of carbonyl (C=O) groups excluding carboxylic acids is 1. The van der Waals surface area contributed by atoms with Gasteiger partial charge >= 0.3 is 0 Å². The number of carbonyl (C=O) groups is 1. The number of aromatic nitrogens is 2. The molecule has 0 radical (unpaired) electrons. The third-order valence-corrected chi connectivity index (χ3v) is 4.66. The summed E-state index contributed by atoms with van der Waals surface area (Å²) in [6, 6.07) is 7.22. The van der Waals surface area contributed by atoms with Gasteiger partial charge in [0, 0.05) is 29.9 Å². The lowest BCUT2D eigenvalue weighted by molar-refractivity contribution is 0.102. The molecule has 1 aliphatic heterocycles. The molecule has 2 aromatic rings. The number of nitrogens with one attached hydrogen (secondary N) is 1. The van der Waals surface area contributed by atoms with E-state index in [4.69, 9.17) is 11.6 Å². The molecule has 1 aromatic carbocycles. The highest BCUT2D eigenvalue weighted by Crippen LogP contribution is 2.24. The van der Waals surface area contributed by atoms with Crippen LogP contribution in [-0.2, 0) is 0 Å². The highest BCUT2D eigenvalue weighted by molar-refractivity contribution is 6.31. The van der Waals surface area contributed by atoms with Crippen LogP contribution < -0.4 is 10.2 Å². The summed E-state index contributed by atoms with van der Waals surface area (Å²) in [7, 11) is 0. The van der Waals surface area contributed by atoms with E-state index >= 15 is 0 Å². The number of anilines is 2. The Balaban J connectivity index is 1.84. The fraction of sp³-hybridized carbons (Fsp3) is 0.389. The van der Waals surface area contributed by atoms with Crippen molar-refractivity contribution >= 4 is 29.0 Å². The molecule has 0 spiro atoms. The average molecular weight is 345 g/mol. The number of hydrogen-bond donors (Lipinski definition) is 1. The molecule has 1 aliphatic rings. The van der Waals surface area contributed by atoms with Gasteiger partial charge in [-0.25, -0.2) is 9.97 Å². The lowest BCUT2D eigenvalue weighted by atomic mass is 10.1. The highest BCUT2D eigenvalue weighted by Gasteiger charge is 2.17. The Morgan fingerprint density at radius 3 is 2.67 bits per heavy atom. The van der Waals surface area contributed by atoms with Gasteiger partial charge in [0.2, 0.25) is 0 Å². The summed E-state index contributed by atoms with van der Waals surface area (Å²) in [4.78, 5) is 23.6. The SMILES string of the molecule is Cc1nc(C(=O)Nc2cccc(Cl)c2C)cc(N2CCCCC2)n1. The van der Waals surface area contributed by atoms with Gasteiger partial charge in [0.1, 0.15) is 17.3 Å². The quantitative estimate of drug-likeness (QED) is 0.914. The van der Waals surface area contributed by atoms with Crippen LogP contribution >= 0.6 is 11.6 Å². The lowest BCUT2D eigenvalue weighted by Gasteiger charge is -2.28. The normalized spacial score (nSPS) is 14.5. The molecule has 0 saturated carbocycles. The number of rotatable bonds is 3. The van der Waals surface area contributed by atoms with Gasteiger partial charge in [-0.05, 0) is 50.8 Å². The van der Waals surface area contributed by atoms with Gasteiger partial charge in [-0.15, -0.1) is 0 Å². The van der Waals surface area contributed by atoms with Crippen LogP contribution in [0.1, 0.15) is 41.1 Å². The Hall–Kier alpha value is -2.14. The van der Waals surface area contributed by atoms with Crippen molar-refractivity contribution in [3.05, 3.63) is 46.4 Å². The van der Waals surface area contributed by atoms with Gasteiger partial charge in [0.25, 0.3) is 5.91 Å². The largest absolute Gasteiger partial charge is 0.356 e. The minimum Gasteiger partial charge on any atom is -0.356 e. The van der Waals surface area contributed by atoms with Crippen LogP contribution in [0.5, 0.6) is 0 Å². The van der Waals surface area contributed by atoms with E-state index in [2.05, 4.69) is 20.2 Å². The maximum absolute atomic E-state index is 12.6. The number of piperidine rings is 1. The van der Waals surface area contributed by atoms with Gasteiger partial charge in [-0.2, -0.15) is 0 Å². The highest BCUT2D eigenvalue weighted by atomic mass is 35.5. The zero-order valence-electron chi connectivity index (χ0n) is 14.0. The summed E-state index contributed by atoms with van der Waals surface area (Å²) >= 11 is 6.11. The molecule has 24 heavy (non-hydrogen) atoms. The van der Waals surface area contributed by atoms with E-state index in [9.17, 15) is 4.79 Å². The summed E-state index contributed by atoms with van der Waals surface area (Å²) < 4.78 is 0. The minimum absolute atomic E-state index is 0.246. The van der Waals surface area contributed by atoms with Crippen LogP contribution in [0.3, 0.4) is 0 Å². The molecule has 1 N–H and O–H groups in total. The monoisotopic (exact) mass is 344 g/mol. The van der Waals surface area contributed by atoms with Crippen molar-refractivity contribution in [2.45, 2.75) is 33.1 Å². The molecule has 3 rings (SSSR count). The molecule has 5 nitrogen and oxygen atoms in total. The van der Waals surface area contributed by atoms with Crippen LogP contribution in [0.25, 0.3) is 0 Å². The molecule has 1 fully saturated rings. The van der Waals surface area contributed by atoms with Crippen LogP contribution in [0, 0.1) is 13.8 Å². The van der Waals surface area contributed by atoms with Gasteiger partial charge in [0.05, 0.1) is 0 Å². The fourth-order valence-corrected chi connectivity index (χ4v) is 3.06. The van der Waals surface area contributed by atoms with Gasteiger partial charge in [-0.1, -0.05) is 17.7 Å². The standard InChI is InChI=1S/C18H21ClN4O/c1-12-14(19)7-6-8-15(12)22-18(24)16-11-17(21-13(2)20-16)23-9-4-3-5-10-23/h6-8,11H,3-5,9-10H2,1-2H3,(H,22,24). The van der Waals surface area contributed by atoms with Crippen molar-refractivity contribution in [1.29, 1.82) is 0 Å². The first kappa shape index (κ1) is 16.7. The Bertz CT molecular complexity index is 757. The summed E-state index contributed by atoms with van der Waals surface area (Å²) in [6.45, 7) is 5.65. The molecular formula is C18H21ClN4O. The number of aryl methyl sites for hydroxylation is 1. The second-order valence-corrected chi connectivity index (χ2v) is 6.48. The molecular weight excluding hydrogens is 324 g/mol. The van der Waals surface area contributed by atoms with E-state index in [-0.39, 0.29) is 5.91 Å². The third-order valence-electron chi connectivity index (χ3n) is 4.25. The molecule has 6 heteroatoms. The topological polar surface area (TPSA) is 58.1 Å². The molecule has 1 amide bonds. The second kappa shape index (κ2) is 7.18. The van der Waals surface area contributed by atoms with Crippen molar-refractivity contribution in [3.8, 4) is 0 Å². The summed E-state index contributed by atoms with van der Waals surface area (Å²) in [5.74, 6) is 1.19. The summed E-state index contributed by atoms with van der Waals surface area (Å²) in [6.07, 6.45) is 3.57. The summed E-state index contributed by atoms with van der Waals surface area (Å²) in [5, 5.41) is 3.52. The molecule has 0 atom stereocenters. The van der Waals surface area contributed by atoms with Crippen molar-refractivity contribution < 1.29 is 4.79 Å². The average Bonchev–Trinajstić information content (AvgIpc) is 2.59. The van der Waals surface area contributed by atoms with Crippen molar-refractivity contribution in [1.82, 2.24) is 9.97 Å². The van der Waals surface area contributed by atoms with Crippen LogP contribution in [0.4, 0.5) is 11.5 Å². The number of amides is 1. The molecule has 126 valence electrons. The smallest absolute Gasteiger partial charge is 0.274 e. The van der Waals surface area contributed by atoms with Crippen LogP contribution in [-0.4, -0.2) is 29.0 Å². The predicted molar refractivity (Wildman–Crippen MR) is 97.0 cm³/mol. The maximum atomic E-state index is 12.6. The van der Waals surface area contributed by atoms with Gasteiger partial charge in [0.15, 0.2) is 0 Å². The Kier molecular flexibility index (Phi) is 5.00. The van der Waals surface area contributed by atoms with E-state index in [1.807, 2.05) is 26.0 Å². The number of benzene rings is 1.